The molecule has 1 aromatic rings. The van der Waals surface area contributed by atoms with Crippen LogP contribution in [0.5, 0.6) is 0 Å². The minimum Gasteiger partial charge on any atom is -0.386 e. The molecule has 2 rings (SSSR count). The van der Waals surface area contributed by atoms with E-state index >= 15 is 0 Å². The van der Waals surface area contributed by atoms with Gasteiger partial charge >= 0.3 is 11.9 Å². The molecule has 0 aromatic heterocycles. The van der Waals surface area contributed by atoms with Gasteiger partial charge in [0.2, 0.25) is 0 Å². The molecule has 0 saturated carbocycles. The van der Waals surface area contributed by atoms with Crippen molar-refractivity contribution in [3.63, 3.8) is 0 Å². The number of fused-ring (bicyclic) bond motifs is 1. The molecule has 4 nitrogen and oxygen atoms in total. The van der Waals surface area contributed by atoms with Gasteiger partial charge in [-0.2, -0.15) is 0 Å². The van der Waals surface area contributed by atoms with Crippen molar-refractivity contribution in [3.8, 4) is 0 Å². The van der Waals surface area contributed by atoms with Crippen molar-refractivity contribution in [1.29, 1.82) is 0 Å². The number of hydrogen-bond donors (Lipinski definition) is 1. The van der Waals surface area contributed by atoms with Gasteiger partial charge in [0.25, 0.3) is 0 Å². The van der Waals surface area contributed by atoms with Crippen molar-refractivity contribution < 1.29 is 14.3 Å². The van der Waals surface area contributed by atoms with Crippen LogP contribution in [-0.2, 0) is 4.74 Å². The van der Waals surface area contributed by atoms with Crippen LogP contribution in [0.15, 0.2) is 24.3 Å². The van der Waals surface area contributed by atoms with E-state index in [-0.39, 0.29) is 0 Å². The van der Waals surface area contributed by atoms with Gasteiger partial charge in [0.15, 0.2) is 0 Å². The van der Waals surface area contributed by atoms with E-state index in [2.05, 4.69) is 10.1 Å². The van der Waals surface area contributed by atoms with Crippen LogP contribution >= 0.6 is 0 Å². The van der Waals surface area contributed by atoms with Gasteiger partial charge in [-0.15, -0.1) is 0 Å². The molecule has 0 saturated heterocycles. The van der Waals surface area contributed by atoms with E-state index in [0.29, 0.717) is 11.1 Å². The highest BCUT2D eigenvalue weighted by Gasteiger charge is 2.31. The molecule has 1 heterocycles. The average molecular weight is 231 g/mol. The first-order valence-corrected chi connectivity index (χ1v) is 5.44. The van der Waals surface area contributed by atoms with E-state index in [9.17, 15) is 9.59 Å². The number of carbonyl (C=O) groups is 2. The molecule has 0 aliphatic carbocycles. The topological polar surface area (TPSA) is 55.4 Å². The summed E-state index contributed by atoms with van der Waals surface area (Å²) in [5, 5.41) is 3.03. The number of carbonyl (C=O) groups excluding carboxylic acids is 2. The fraction of sp³-hybridized carbons (Fsp3) is 0.231. The molecule has 1 aliphatic rings. The highest BCUT2D eigenvalue weighted by molar-refractivity contribution is 6.16. The lowest BCUT2D eigenvalue weighted by Gasteiger charge is -1.98. The van der Waals surface area contributed by atoms with Crippen molar-refractivity contribution in [1.82, 2.24) is 5.32 Å². The Balaban J connectivity index is 2.28. The summed E-state index contributed by atoms with van der Waals surface area (Å²) in [5.74, 6) is -1.12. The molecule has 0 spiro atoms. The summed E-state index contributed by atoms with van der Waals surface area (Å²) in [6.45, 7) is 0.870. The maximum atomic E-state index is 11.5. The van der Waals surface area contributed by atoms with Crippen LogP contribution in [-0.4, -0.2) is 25.5 Å². The lowest BCUT2D eigenvalue weighted by atomic mass is 10.0. The minimum atomic E-state index is -0.560. The average Bonchev–Trinajstić information content (AvgIpc) is 2.62. The second-order valence-corrected chi connectivity index (χ2v) is 3.74. The Labute approximate surface area is 99.3 Å². The molecule has 0 radical (unpaired) electrons. The Kier molecular flexibility index (Phi) is 3.35. The Bertz CT molecular complexity index is 491. The zero-order valence-corrected chi connectivity index (χ0v) is 9.53. The molecule has 0 unspecified atom stereocenters. The Morgan fingerprint density at radius 3 is 2.88 bits per heavy atom. The SMILES string of the molecule is CNCCC=Cc1cccc2c1C(=O)OC2=O. The number of benzene rings is 1. The third-order valence-corrected chi connectivity index (χ3v) is 2.56. The predicted octanol–water partition coefficient (Wildman–Crippen LogP) is 1.62. The fourth-order valence-electron chi connectivity index (χ4n) is 1.74. The molecule has 88 valence electrons. The molecule has 4 heteroatoms. The summed E-state index contributed by atoms with van der Waals surface area (Å²) in [6.07, 6.45) is 4.67. The predicted molar refractivity (Wildman–Crippen MR) is 63.8 cm³/mol. The molecule has 0 atom stereocenters. The van der Waals surface area contributed by atoms with Crippen LogP contribution < -0.4 is 5.32 Å². The minimum absolute atomic E-state index is 0.353. The molecule has 1 N–H and O–H groups in total. The van der Waals surface area contributed by atoms with Gasteiger partial charge in [0, 0.05) is 0 Å². The third-order valence-electron chi connectivity index (χ3n) is 2.56. The highest BCUT2D eigenvalue weighted by atomic mass is 16.6. The first-order chi connectivity index (χ1) is 8.24. The summed E-state index contributed by atoms with van der Waals surface area (Å²) in [7, 11) is 1.88. The fourth-order valence-corrected chi connectivity index (χ4v) is 1.74. The van der Waals surface area contributed by atoms with Gasteiger partial charge in [-0.3, -0.25) is 0 Å². The second kappa shape index (κ2) is 4.93. The summed E-state index contributed by atoms with van der Waals surface area (Å²) < 4.78 is 4.58. The highest BCUT2D eigenvalue weighted by Crippen LogP contribution is 2.24. The van der Waals surface area contributed by atoms with E-state index in [0.717, 1.165) is 18.5 Å². The summed E-state index contributed by atoms with van der Waals surface area (Å²) >= 11 is 0. The zero-order chi connectivity index (χ0) is 12.3. The van der Waals surface area contributed by atoms with Crippen molar-refractivity contribution in [2.75, 3.05) is 13.6 Å². The molecule has 0 amide bonds. The van der Waals surface area contributed by atoms with Crippen LogP contribution in [0.3, 0.4) is 0 Å². The standard InChI is InChI=1S/C13H13NO3/c1-14-8-3-2-5-9-6-4-7-10-11(9)13(16)17-12(10)15/h2,4-7,14H,3,8H2,1H3. The largest absolute Gasteiger partial charge is 0.386 e. The van der Waals surface area contributed by atoms with E-state index in [1.54, 1.807) is 18.2 Å². The first kappa shape index (κ1) is 11.5. The quantitative estimate of drug-likeness (QED) is 0.486. The molecular weight excluding hydrogens is 218 g/mol. The maximum absolute atomic E-state index is 11.5. The molecule has 17 heavy (non-hydrogen) atoms. The third kappa shape index (κ3) is 2.26. The van der Waals surface area contributed by atoms with Crippen molar-refractivity contribution >= 4 is 18.0 Å². The molecule has 0 bridgehead atoms. The van der Waals surface area contributed by atoms with Crippen LogP contribution in [0.1, 0.15) is 32.7 Å². The van der Waals surface area contributed by atoms with Crippen LogP contribution in [0.2, 0.25) is 0 Å². The molecular formula is C13H13NO3. The maximum Gasteiger partial charge on any atom is 0.347 e. The smallest absolute Gasteiger partial charge is 0.347 e. The second-order valence-electron chi connectivity index (χ2n) is 3.74. The van der Waals surface area contributed by atoms with Crippen LogP contribution in [0, 0.1) is 0 Å². The number of cyclic esters (lactones) is 2. The van der Waals surface area contributed by atoms with Crippen molar-refractivity contribution in [2.24, 2.45) is 0 Å². The van der Waals surface area contributed by atoms with Gasteiger partial charge in [0.1, 0.15) is 0 Å². The van der Waals surface area contributed by atoms with E-state index in [1.165, 1.54) is 0 Å². The van der Waals surface area contributed by atoms with E-state index < -0.39 is 11.9 Å². The molecule has 1 aromatic carbocycles. The van der Waals surface area contributed by atoms with E-state index in [1.807, 2.05) is 19.2 Å². The number of esters is 2. The lowest BCUT2D eigenvalue weighted by Crippen LogP contribution is -2.05. The summed E-state index contributed by atoms with van der Waals surface area (Å²) in [6, 6.07) is 5.15. The van der Waals surface area contributed by atoms with Gasteiger partial charge in [-0.1, -0.05) is 24.3 Å². The van der Waals surface area contributed by atoms with Crippen molar-refractivity contribution in [2.45, 2.75) is 6.42 Å². The number of hydrogen-bond acceptors (Lipinski definition) is 4. The Hall–Kier alpha value is -1.94. The Morgan fingerprint density at radius 1 is 1.29 bits per heavy atom. The first-order valence-electron chi connectivity index (χ1n) is 5.44. The van der Waals surface area contributed by atoms with E-state index in [4.69, 9.17) is 0 Å². The molecule has 1 aliphatic heterocycles. The van der Waals surface area contributed by atoms with Gasteiger partial charge in [0.05, 0.1) is 11.1 Å². The van der Waals surface area contributed by atoms with Gasteiger partial charge in [-0.05, 0) is 31.6 Å². The number of nitrogens with one attached hydrogen (secondary N) is 1. The monoisotopic (exact) mass is 231 g/mol. The number of ether oxygens (including phenoxy) is 1. The normalized spacial score (nSPS) is 14.2. The van der Waals surface area contributed by atoms with Gasteiger partial charge in [-0.25, -0.2) is 9.59 Å². The van der Waals surface area contributed by atoms with Crippen LogP contribution in [0.4, 0.5) is 0 Å². The lowest BCUT2D eigenvalue weighted by molar-refractivity contribution is 0.0444. The zero-order valence-electron chi connectivity index (χ0n) is 9.53. The summed E-state index contributed by atoms with van der Waals surface area (Å²) in [5.41, 5.74) is 1.46. The van der Waals surface area contributed by atoms with Gasteiger partial charge < -0.3 is 10.1 Å². The number of rotatable bonds is 4. The van der Waals surface area contributed by atoms with Crippen LogP contribution in [0.25, 0.3) is 6.08 Å². The van der Waals surface area contributed by atoms with Crippen molar-refractivity contribution in [3.05, 3.63) is 41.0 Å². The Morgan fingerprint density at radius 2 is 2.12 bits per heavy atom. The summed E-state index contributed by atoms with van der Waals surface area (Å²) in [4.78, 5) is 22.8. The molecule has 0 fully saturated rings.